The Morgan fingerprint density at radius 3 is 1.85 bits per heavy atom. The van der Waals surface area contributed by atoms with Crippen LogP contribution in [0.25, 0.3) is 11.1 Å². The van der Waals surface area contributed by atoms with Gasteiger partial charge in [0.1, 0.15) is 11.7 Å². The minimum absolute atomic E-state index is 0. The van der Waals surface area contributed by atoms with Crippen LogP contribution >= 0.6 is 12.4 Å². The Morgan fingerprint density at radius 2 is 1.25 bits per heavy atom. The lowest BCUT2D eigenvalue weighted by Crippen LogP contribution is -2.43. The van der Waals surface area contributed by atoms with Gasteiger partial charge in [0, 0.05) is 12.0 Å². The molecule has 3 amide bonds. The van der Waals surface area contributed by atoms with E-state index in [1.54, 1.807) is 16.9 Å². The second-order valence-corrected chi connectivity index (χ2v) is 9.44. The average molecular weight is 556 g/mol. The van der Waals surface area contributed by atoms with Crippen LogP contribution in [0, 0.1) is 5.92 Å². The van der Waals surface area contributed by atoms with Gasteiger partial charge in [-0.25, -0.2) is 0 Å². The van der Waals surface area contributed by atoms with Gasteiger partial charge in [-0.15, -0.1) is 12.4 Å². The maximum Gasteiger partial charge on any atom is 0.240 e. The van der Waals surface area contributed by atoms with E-state index < -0.39 is 23.6 Å². The Kier molecular flexibility index (Phi) is 8.86. The molecular weight excluding hydrogens is 526 g/mol. The molecule has 0 bridgehead atoms. The number of halogens is 1. The fourth-order valence-electron chi connectivity index (χ4n) is 4.96. The van der Waals surface area contributed by atoms with Gasteiger partial charge in [0.25, 0.3) is 0 Å². The summed E-state index contributed by atoms with van der Waals surface area (Å²) < 4.78 is 5.51. The fraction of sp³-hybridized carbons (Fsp3) is 0.156. The number of amides is 3. The van der Waals surface area contributed by atoms with Crippen molar-refractivity contribution in [2.45, 2.75) is 19.5 Å². The fourth-order valence-corrected chi connectivity index (χ4v) is 4.96. The van der Waals surface area contributed by atoms with Gasteiger partial charge < -0.3 is 20.3 Å². The second kappa shape index (κ2) is 12.5. The van der Waals surface area contributed by atoms with Crippen LogP contribution < -0.4 is 20.3 Å². The predicted octanol–water partition coefficient (Wildman–Crippen LogP) is 5.36. The lowest BCUT2D eigenvalue weighted by molar-refractivity contribution is -0.135. The smallest absolute Gasteiger partial charge is 0.240 e. The molecule has 1 heterocycles. The quantitative estimate of drug-likeness (QED) is 0.296. The van der Waals surface area contributed by atoms with E-state index in [0.717, 1.165) is 22.3 Å². The van der Waals surface area contributed by atoms with Gasteiger partial charge in [-0.3, -0.25) is 14.4 Å². The monoisotopic (exact) mass is 555 g/mol. The molecule has 204 valence electrons. The molecule has 0 aromatic heterocycles. The number of benzene rings is 4. The number of nitrogens with zero attached hydrogens (tertiary/aromatic N) is 2. The van der Waals surface area contributed by atoms with E-state index in [0.29, 0.717) is 17.1 Å². The van der Waals surface area contributed by atoms with Crippen LogP contribution in [0.3, 0.4) is 0 Å². The third kappa shape index (κ3) is 5.84. The van der Waals surface area contributed by atoms with Gasteiger partial charge in [0.2, 0.25) is 17.7 Å². The van der Waals surface area contributed by atoms with E-state index in [1.165, 1.54) is 0 Å². The van der Waals surface area contributed by atoms with Crippen molar-refractivity contribution in [2.75, 3.05) is 16.9 Å². The van der Waals surface area contributed by atoms with E-state index in [2.05, 4.69) is 0 Å². The number of rotatable bonds is 8. The number of fused-ring (bicyclic) bond motifs is 1. The highest BCUT2D eigenvalue weighted by Crippen LogP contribution is 2.38. The maximum atomic E-state index is 13.9. The molecule has 4 aromatic carbocycles. The van der Waals surface area contributed by atoms with E-state index in [1.807, 2.05) is 103 Å². The summed E-state index contributed by atoms with van der Waals surface area (Å²) in [7, 11) is 1.57. The van der Waals surface area contributed by atoms with Gasteiger partial charge in [-0.05, 0) is 34.9 Å². The summed E-state index contributed by atoms with van der Waals surface area (Å²) in [6, 6.07) is 32.7. The molecule has 5 rings (SSSR count). The summed E-state index contributed by atoms with van der Waals surface area (Å²) in [5.41, 5.74) is 10.5. The summed E-state index contributed by atoms with van der Waals surface area (Å²) in [6.07, 6.45) is -0.377. The molecule has 0 saturated heterocycles. The number of para-hydroxylation sites is 3. The molecule has 2 N–H and O–H groups in total. The molecule has 1 aliphatic rings. The third-order valence-electron chi connectivity index (χ3n) is 6.92. The Morgan fingerprint density at radius 1 is 0.725 bits per heavy atom. The van der Waals surface area contributed by atoms with Gasteiger partial charge >= 0.3 is 0 Å². The largest absolute Gasteiger partial charge is 0.496 e. The molecule has 1 unspecified atom stereocenters. The van der Waals surface area contributed by atoms with Crippen molar-refractivity contribution in [3.8, 4) is 16.9 Å². The molecule has 8 heteroatoms. The molecule has 0 aliphatic carbocycles. The lowest BCUT2D eigenvalue weighted by atomic mass is 10.0. The SMILES string of the molecule is COc1ccccc1CN1C(=O)C(CC(N)=O)C(=O)N(Cc2ccc(-c3ccccc3)cc2)c2ccccc21.Cl. The van der Waals surface area contributed by atoms with Crippen LogP contribution in [0.4, 0.5) is 11.4 Å². The number of carbonyl (C=O) groups is 3. The third-order valence-corrected chi connectivity index (χ3v) is 6.92. The molecule has 0 fully saturated rings. The lowest BCUT2D eigenvalue weighted by Gasteiger charge is -2.26. The minimum atomic E-state index is -1.24. The Balaban J connectivity index is 0.00000370. The standard InChI is InChI=1S/C32H29N3O4.ClH/c1-39-29-14-8-5-11-25(29)21-35-28-13-7-6-12-27(28)34(31(37)26(32(35)38)19-30(33)36)20-22-15-17-24(18-16-22)23-9-3-2-4-10-23;/h2-18,26H,19-21H2,1H3,(H2,33,36);1H. The Bertz CT molecular complexity index is 1510. The van der Waals surface area contributed by atoms with Gasteiger partial charge in [0.15, 0.2) is 0 Å². The zero-order valence-electron chi connectivity index (χ0n) is 22.0. The average Bonchev–Trinajstić information content (AvgIpc) is 3.04. The Hall–Kier alpha value is -4.62. The predicted molar refractivity (Wildman–Crippen MR) is 158 cm³/mol. The number of nitrogens with two attached hydrogens (primary N) is 1. The van der Waals surface area contributed by atoms with Gasteiger partial charge in [-0.1, -0.05) is 84.9 Å². The molecule has 0 radical (unpaired) electrons. The van der Waals surface area contributed by atoms with Crippen LogP contribution in [-0.2, 0) is 27.5 Å². The first-order chi connectivity index (χ1) is 19.0. The van der Waals surface area contributed by atoms with Crippen molar-refractivity contribution in [3.05, 3.63) is 114 Å². The topological polar surface area (TPSA) is 92.9 Å². The van der Waals surface area contributed by atoms with Crippen molar-refractivity contribution in [1.82, 2.24) is 0 Å². The van der Waals surface area contributed by atoms with Crippen LogP contribution in [-0.4, -0.2) is 24.8 Å². The molecule has 7 nitrogen and oxygen atoms in total. The molecule has 1 atom stereocenters. The second-order valence-electron chi connectivity index (χ2n) is 9.44. The number of ether oxygens (including phenoxy) is 1. The minimum Gasteiger partial charge on any atom is -0.496 e. The number of hydrogen-bond donors (Lipinski definition) is 1. The van der Waals surface area contributed by atoms with E-state index in [-0.39, 0.29) is 31.9 Å². The summed E-state index contributed by atoms with van der Waals surface area (Å²) in [5, 5.41) is 0. The van der Waals surface area contributed by atoms with Crippen LogP contribution in [0.5, 0.6) is 5.75 Å². The van der Waals surface area contributed by atoms with Crippen LogP contribution in [0.15, 0.2) is 103 Å². The summed E-state index contributed by atoms with van der Waals surface area (Å²) in [6.45, 7) is 0.401. The highest BCUT2D eigenvalue weighted by atomic mass is 35.5. The molecule has 0 spiro atoms. The molecule has 1 aliphatic heterocycles. The van der Waals surface area contributed by atoms with Crippen molar-refractivity contribution in [3.63, 3.8) is 0 Å². The van der Waals surface area contributed by atoms with Crippen molar-refractivity contribution >= 4 is 41.5 Å². The number of carbonyl (C=O) groups excluding carboxylic acids is 3. The zero-order valence-corrected chi connectivity index (χ0v) is 22.8. The zero-order chi connectivity index (χ0) is 27.4. The first-order valence-corrected chi connectivity index (χ1v) is 12.7. The highest BCUT2D eigenvalue weighted by Gasteiger charge is 2.41. The van der Waals surface area contributed by atoms with Crippen molar-refractivity contribution < 1.29 is 19.1 Å². The van der Waals surface area contributed by atoms with Gasteiger partial charge in [0.05, 0.1) is 31.6 Å². The molecule has 0 saturated carbocycles. The summed E-state index contributed by atoms with van der Waals surface area (Å²) in [4.78, 5) is 42.9. The van der Waals surface area contributed by atoms with Crippen LogP contribution in [0.1, 0.15) is 17.5 Å². The summed E-state index contributed by atoms with van der Waals surface area (Å²) >= 11 is 0. The van der Waals surface area contributed by atoms with E-state index >= 15 is 0 Å². The van der Waals surface area contributed by atoms with E-state index in [9.17, 15) is 14.4 Å². The number of primary amides is 1. The van der Waals surface area contributed by atoms with Crippen molar-refractivity contribution in [2.24, 2.45) is 11.7 Å². The number of anilines is 2. The molecule has 40 heavy (non-hydrogen) atoms. The highest BCUT2D eigenvalue weighted by molar-refractivity contribution is 6.18. The van der Waals surface area contributed by atoms with Crippen LogP contribution in [0.2, 0.25) is 0 Å². The maximum absolute atomic E-state index is 13.9. The van der Waals surface area contributed by atoms with Crippen molar-refractivity contribution in [1.29, 1.82) is 0 Å². The summed E-state index contributed by atoms with van der Waals surface area (Å²) in [5.74, 6) is -2.26. The normalized spacial score (nSPS) is 14.7. The molecular formula is C32H30ClN3O4. The van der Waals surface area contributed by atoms with Gasteiger partial charge in [-0.2, -0.15) is 0 Å². The number of hydrogen-bond acceptors (Lipinski definition) is 4. The first kappa shape index (κ1) is 28.4. The first-order valence-electron chi connectivity index (χ1n) is 12.7. The Labute approximate surface area is 239 Å². The van der Waals surface area contributed by atoms with E-state index in [4.69, 9.17) is 10.5 Å². The number of methoxy groups -OCH3 is 1. The molecule has 4 aromatic rings.